The Morgan fingerprint density at radius 1 is 1.04 bits per heavy atom. The number of aromatic nitrogens is 1. The van der Waals surface area contributed by atoms with Gasteiger partial charge in [-0.2, -0.15) is 5.10 Å². The summed E-state index contributed by atoms with van der Waals surface area (Å²) >= 11 is 0. The molecule has 0 spiro atoms. The van der Waals surface area contributed by atoms with Gasteiger partial charge < -0.3 is 4.98 Å². The van der Waals surface area contributed by atoms with Crippen LogP contribution in [-0.2, 0) is 10.2 Å². The molecular formula is C22H23N3O. The molecule has 0 saturated carbocycles. The lowest BCUT2D eigenvalue weighted by Gasteiger charge is -2.23. The van der Waals surface area contributed by atoms with Crippen molar-refractivity contribution in [1.82, 2.24) is 10.4 Å². The molecule has 132 valence electrons. The van der Waals surface area contributed by atoms with Crippen LogP contribution in [0.25, 0.3) is 10.9 Å². The third-order valence-corrected chi connectivity index (χ3v) is 5.10. The molecule has 0 unspecified atom stereocenters. The van der Waals surface area contributed by atoms with Gasteiger partial charge in [-0.3, -0.25) is 4.79 Å². The number of benzene rings is 2. The van der Waals surface area contributed by atoms with Crippen LogP contribution in [0.5, 0.6) is 0 Å². The fourth-order valence-electron chi connectivity index (χ4n) is 3.51. The summed E-state index contributed by atoms with van der Waals surface area (Å²) < 4.78 is 0. The van der Waals surface area contributed by atoms with E-state index in [1.54, 1.807) is 0 Å². The average molecular weight is 345 g/mol. The van der Waals surface area contributed by atoms with Crippen LogP contribution in [0.3, 0.4) is 0 Å². The van der Waals surface area contributed by atoms with Gasteiger partial charge in [-0.1, -0.05) is 63.2 Å². The Morgan fingerprint density at radius 3 is 2.50 bits per heavy atom. The molecule has 0 radical (unpaired) electrons. The van der Waals surface area contributed by atoms with Crippen molar-refractivity contribution in [3.63, 3.8) is 0 Å². The first kappa shape index (κ1) is 16.6. The second-order valence-corrected chi connectivity index (χ2v) is 7.91. The molecule has 0 saturated heterocycles. The molecule has 2 heterocycles. The maximum absolute atomic E-state index is 12.5. The Hall–Kier alpha value is -2.88. The van der Waals surface area contributed by atoms with Gasteiger partial charge in [0.05, 0.1) is 11.6 Å². The molecular weight excluding hydrogens is 322 g/mol. The fraction of sp³-hybridized carbons (Fsp3) is 0.273. The highest BCUT2D eigenvalue weighted by Gasteiger charge is 2.29. The number of H-pyrrole nitrogens is 1. The molecule has 26 heavy (non-hydrogen) atoms. The monoisotopic (exact) mass is 345 g/mol. The second-order valence-electron chi connectivity index (χ2n) is 7.91. The number of fused-ring (bicyclic) bond motifs is 1. The number of hydrogen-bond donors (Lipinski definition) is 2. The molecule has 2 aromatic carbocycles. The van der Waals surface area contributed by atoms with Crippen molar-refractivity contribution in [1.29, 1.82) is 0 Å². The number of carbonyl (C=O) groups excluding carboxylic acids is 1. The van der Waals surface area contributed by atoms with E-state index < -0.39 is 0 Å². The predicted octanol–water partition coefficient (Wildman–Crippen LogP) is 4.47. The summed E-state index contributed by atoms with van der Waals surface area (Å²) in [6, 6.07) is 16.6. The molecule has 4 heteroatoms. The van der Waals surface area contributed by atoms with E-state index in [1.165, 1.54) is 5.56 Å². The number of para-hydroxylation sites is 1. The fourth-order valence-corrected chi connectivity index (χ4v) is 3.51. The predicted molar refractivity (Wildman–Crippen MR) is 105 cm³/mol. The Balaban J connectivity index is 1.65. The van der Waals surface area contributed by atoms with Gasteiger partial charge in [0.2, 0.25) is 5.91 Å². The zero-order chi connectivity index (χ0) is 18.3. The van der Waals surface area contributed by atoms with Crippen LogP contribution in [0.2, 0.25) is 0 Å². The highest BCUT2D eigenvalue weighted by Crippen LogP contribution is 2.31. The van der Waals surface area contributed by atoms with Crippen molar-refractivity contribution >= 4 is 22.5 Å². The van der Waals surface area contributed by atoms with Gasteiger partial charge in [0.15, 0.2) is 0 Å². The minimum Gasteiger partial charge on any atom is -0.361 e. The maximum atomic E-state index is 12.5. The van der Waals surface area contributed by atoms with E-state index in [2.05, 4.69) is 66.6 Å². The Kier molecular flexibility index (Phi) is 3.91. The average Bonchev–Trinajstić information content (AvgIpc) is 3.05. The van der Waals surface area contributed by atoms with Gasteiger partial charge >= 0.3 is 0 Å². The van der Waals surface area contributed by atoms with Crippen LogP contribution < -0.4 is 5.43 Å². The molecule has 1 aliphatic rings. The van der Waals surface area contributed by atoms with Crippen molar-refractivity contribution in [2.24, 2.45) is 5.10 Å². The highest BCUT2D eigenvalue weighted by molar-refractivity contribution is 6.07. The Morgan fingerprint density at radius 2 is 1.77 bits per heavy atom. The van der Waals surface area contributed by atoms with Crippen LogP contribution in [0.15, 0.2) is 59.8 Å². The van der Waals surface area contributed by atoms with E-state index in [9.17, 15) is 4.79 Å². The molecule has 3 aromatic rings. The molecule has 1 amide bonds. The van der Waals surface area contributed by atoms with Crippen molar-refractivity contribution in [2.75, 3.05) is 0 Å². The first-order valence-electron chi connectivity index (χ1n) is 8.97. The van der Waals surface area contributed by atoms with Gasteiger partial charge in [-0.25, -0.2) is 5.43 Å². The quantitative estimate of drug-likeness (QED) is 0.707. The van der Waals surface area contributed by atoms with Crippen LogP contribution in [0, 0.1) is 0 Å². The lowest BCUT2D eigenvalue weighted by atomic mass is 9.85. The number of nitrogens with one attached hydrogen (secondary N) is 2. The number of rotatable bonds is 2. The zero-order valence-corrected chi connectivity index (χ0v) is 15.3. The van der Waals surface area contributed by atoms with Crippen LogP contribution in [-0.4, -0.2) is 16.6 Å². The second kappa shape index (κ2) is 6.13. The van der Waals surface area contributed by atoms with Crippen molar-refractivity contribution < 1.29 is 4.79 Å². The third-order valence-electron chi connectivity index (χ3n) is 5.10. The Labute approximate surface area is 153 Å². The molecule has 1 atom stereocenters. The van der Waals surface area contributed by atoms with E-state index in [1.807, 2.05) is 24.4 Å². The van der Waals surface area contributed by atoms with E-state index in [0.717, 1.165) is 27.7 Å². The SMILES string of the molecule is CC(C)(C)c1ccc(C2=NNC(=O)[C@@H](c3c[nH]c4ccccc34)C2)cc1. The van der Waals surface area contributed by atoms with Crippen molar-refractivity contribution in [2.45, 2.75) is 38.5 Å². The highest BCUT2D eigenvalue weighted by atomic mass is 16.2. The van der Waals surface area contributed by atoms with Gasteiger partial charge in [-0.05, 0) is 28.2 Å². The molecule has 1 aliphatic heterocycles. The van der Waals surface area contributed by atoms with E-state index >= 15 is 0 Å². The maximum Gasteiger partial charge on any atom is 0.248 e. The van der Waals surface area contributed by atoms with Crippen molar-refractivity contribution in [3.05, 3.63) is 71.4 Å². The normalized spacial score (nSPS) is 17.9. The van der Waals surface area contributed by atoms with Gasteiger partial charge in [0.25, 0.3) is 0 Å². The minimum atomic E-state index is -0.235. The number of hydrogen-bond acceptors (Lipinski definition) is 2. The minimum absolute atomic E-state index is 0.0511. The number of amides is 1. The molecule has 0 fully saturated rings. The summed E-state index contributed by atoms with van der Waals surface area (Å²) in [5.41, 5.74) is 8.17. The number of aromatic amines is 1. The molecule has 4 rings (SSSR count). The van der Waals surface area contributed by atoms with Gasteiger partial charge in [0, 0.05) is 23.5 Å². The van der Waals surface area contributed by atoms with Crippen LogP contribution in [0.4, 0.5) is 0 Å². The largest absolute Gasteiger partial charge is 0.361 e. The first-order chi connectivity index (χ1) is 12.4. The zero-order valence-electron chi connectivity index (χ0n) is 15.3. The molecule has 0 aliphatic carbocycles. The van der Waals surface area contributed by atoms with Crippen molar-refractivity contribution in [3.8, 4) is 0 Å². The van der Waals surface area contributed by atoms with Crippen LogP contribution in [0.1, 0.15) is 49.8 Å². The smallest absolute Gasteiger partial charge is 0.248 e. The summed E-state index contributed by atoms with van der Waals surface area (Å²) in [5.74, 6) is -0.286. The molecule has 2 N–H and O–H groups in total. The summed E-state index contributed by atoms with van der Waals surface area (Å²) in [7, 11) is 0. The standard InChI is InChI=1S/C22H23N3O/c1-22(2,3)15-10-8-14(9-11-15)20-12-17(21(26)25-24-20)18-13-23-19-7-5-4-6-16(18)19/h4-11,13,17,23H,12H2,1-3H3,(H,25,26)/t17-/m1/s1. The first-order valence-corrected chi connectivity index (χ1v) is 8.97. The molecule has 1 aromatic heterocycles. The summed E-state index contributed by atoms with van der Waals surface area (Å²) in [4.78, 5) is 15.7. The molecule has 0 bridgehead atoms. The number of nitrogens with zero attached hydrogens (tertiary/aromatic N) is 1. The van der Waals surface area contributed by atoms with Gasteiger partial charge in [0.1, 0.15) is 0 Å². The topological polar surface area (TPSA) is 57.2 Å². The van der Waals surface area contributed by atoms with Crippen LogP contribution >= 0.6 is 0 Å². The van der Waals surface area contributed by atoms with Gasteiger partial charge in [-0.15, -0.1) is 0 Å². The number of carbonyl (C=O) groups is 1. The number of hydrazone groups is 1. The lowest BCUT2D eigenvalue weighted by molar-refractivity contribution is -0.122. The lowest BCUT2D eigenvalue weighted by Crippen LogP contribution is -2.33. The summed E-state index contributed by atoms with van der Waals surface area (Å²) in [6.45, 7) is 6.61. The third kappa shape index (κ3) is 2.92. The molecule has 4 nitrogen and oxygen atoms in total. The van der Waals surface area contributed by atoms with E-state index in [0.29, 0.717) is 6.42 Å². The summed E-state index contributed by atoms with van der Waals surface area (Å²) in [5, 5.41) is 5.41. The van der Waals surface area contributed by atoms with E-state index in [4.69, 9.17) is 0 Å². The van der Waals surface area contributed by atoms with E-state index in [-0.39, 0.29) is 17.2 Å². The Bertz CT molecular complexity index is 990. The summed E-state index contributed by atoms with van der Waals surface area (Å²) in [6.07, 6.45) is 2.54.